The number of ether oxygens (including phenoxy) is 3. The molecular formula is C28H35BrO7. The van der Waals surface area contributed by atoms with Crippen molar-refractivity contribution in [2.45, 2.75) is 50.8 Å². The van der Waals surface area contributed by atoms with Crippen LogP contribution < -0.4 is 0 Å². The summed E-state index contributed by atoms with van der Waals surface area (Å²) in [5, 5.41) is 0. The monoisotopic (exact) mass is 562 g/mol. The van der Waals surface area contributed by atoms with Crippen molar-refractivity contribution >= 4 is 39.4 Å². The summed E-state index contributed by atoms with van der Waals surface area (Å²) < 4.78 is 14.1. The molecule has 0 amide bonds. The Morgan fingerprint density at radius 1 is 0.778 bits per heavy atom. The first kappa shape index (κ1) is 31.2. The van der Waals surface area contributed by atoms with Crippen LogP contribution in [0.15, 0.2) is 48.5 Å². The SMILES string of the molecule is C1CCOC1.CCC(Br)C(=O)c1ccc(C(=O)OC)cc1.CCCC(=O)c1ccc(C(=O)OC)cc1. The maximum Gasteiger partial charge on any atom is 0.337 e. The van der Waals surface area contributed by atoms with E-state index in [2.05, 4.69) is 25.4 Å². The zero-order valence-electron chi connectivity index (χ0n) is 21.4. The molecule has 1 aliphatic rings. The van der Waals surface area contributed by atoms with Crippen LogP contribution in [0.1, 0.15) is 87.4 Å². The Hall–Kier alpha value is -2.84. The van der Waals surface area contributed by atoms with Crippen LogP contribution in [0.25, 0.3) is 0 Å². The quantitative estimate of drug-likeness (QED) is 0.218. The van der Waals surface area contributed by atoms with Crippen molar-refractivity contribution in [2.75, 3.05) is 27.4 Å². The molecule has 0 aliphatic carbocycles. The second-order valence-corrected chi connectivity index (χ2v) is 8.98. The van der Waals surface area contributed by atoms with Gasteiger partial charge in [0.1, 0.15) is 0 Å². The van der Waals surface area contributed by atoms with E-state index in [1.54, 1.807) is 48.5 Å². The molecule has 2 aromatic carbocycles. The molecule has 3 rings (SSSR count). The highest BCUT2D eigenvalue weighted by molar-refractivity contribution is 9.10. The van der Waals surface area contributed by atoms with Crippen LogP contribution in [0.5, 0.6) is 0 Å². The van der Waals surface area contributed by atoms with Crippen molar-refractivity contribution < 1.29 is 33.4 Å². The Kier molecular flexibility index (Phi) is 15.2. The lowest BCUT2D eigenvalue weighted by Crippen LogP contribution is -2.13. The topological polar surface area (TPSA) is 96.0 Å². The third-order valence-corrected chi connectivity index (χ3v) is 6.23. The average molecular weight is 563 g/mol. The highest BCUT2D eigenvalue weighted by atomic mass is 79.9. The van der Waals surface area contributed by atoms with Crippen molar-refractivity contribution in [3.63, 3.8) is 0 Å². The third-order valence-electron chi connectivity index (χ3n) is 5.17. The molecule has 2 aromatic rings. The highest BCUT2D eigenvalue weighted by Gasteiger charge is 2.15. The van der Waals surface area contributed by atoms with E-state index >= 15 is 0 Å². The molecule has 0 N–H and O–H groups in total. The Bertz CT molecular complexity index is 957. The molecule has 1 unspecified atom stereocenters. The van der Waals surface area contributed by atoms with Crippen LogP contribution in [0.3, 0.4) is 0 Å². The second-order valence-electron chi connectivity index (χ2n) is 7.87. The number of rotatable bonds is 8. The van der Waals surface area contributed by atoms with Gasteiger partial charge in [-0.25, -0.2) is 9.59 Å². The van der Waals surface area contributed by atoms with Gasteiger partial charge in [0.15, 0.2) is 11.6 Å². The fourth-order valence-corrected chi connectivity index (χ4v) is 3.31. The first-order chi connectivity index (χ1) is 17.3. The number of benzene rings is 2. The molecule has 1 heterocycles. The number of esters is 2. The van der Waals surface area contributed by atoms with Crippen molar-refractivity contribution in [2.24, 2.45) is 0 Å². The maximum absolute atomic E-state index is 11.8. The summed E-state index contributed by atoms with van der Waals surface area (Å²) in [6, 6.07) is 13.0. The number of ketones is 2. The van der Waals surface area contributed by atoms with E-state index in [-0.39, 0.29) is 22.4 Å². The van der Waals surface area contributed by atoms with Gasteiger partial charge in [-0.3, -0.25) is 9.59 Å². The summed E-state index contributed by atoms with van der Waals surface area (Å²) >= 11 is 3.30. The lowest BCUT2D eigenvalue weighted by Gasteiger charge is -2.06. The number of Topliss-reactive ketones (excluding diaryl/α,β-unsaturated/α-hetero) is 2. The molecule has 7 nitrogen and oxygen atoms in total. The van der Waals surface area contributed by atoms with Crippen LogP contribution in [-0.2, 0) is 14.2 Å². The average Bonchev–Trinajstić information content (AvgIpc) is 3.52. The zero-order valence-corrected chi connectivity index (χ0v) is 23.0. The molecule has 1 fully saturated rings. The standard InChI is InChI=1S/C12H13BrO3.C12H14O3.C4H8O/c1-3-10(13)11(14)8-4-6-9(7-5-8)12(15)16-2;1-3-4-11(13)9-5-7-10(8-6-9)12(14)15-2;1-2-4-5-3-1/h4-7,10H,3H2,1-2H3;5-8H,3-4H2,1-2H3;1-4H2. The number of hydrogen-bond donors (Lipinski definition) is 0. The second kappa shape index (κ2) is 17.6. The van der Waals surface area contributed by atoms with Crippen molar-refractivity contribution in [1.82, 2.24) is 0 Å². The fourth-order valence-electron chi connectivity index (χ4n) is 3.05. The summed E-state index contributed by atoms with van der Waals surface area (Å²) in [6.45, 7) is 5.89. The van der Waals surface area contributed by atoms with E-state index in [9.17, 15) is 19.2 Å². The lowest BCUT2D eigenvalue weighted by molar-refractivity contribution is 0.0592. The molecule has 1 saturated heterocycles. The molecular weight excluding hydrogens is 528 g/mol. The minimum Gasteiger partial charge on any atom is -0.465 e. The highest BCUT2D eigenvalue weighted by Crippen LogP contribution is 2.14. The predicted octanol–water partition coefficient (Wildman–Crippen LogP) is 6.08. The molecule has 0 aromatic heterocycles. The van der Waals surface area contributed by atoms with Crippen LogP contribution in [0.2, 0.25) is 0 Å². The number of methoxy groups -OCH3 is 2. The number of halogens is 1. The third kappa shape index (κ3) is 10.8. The smallest absolute Gasteiger partial charge is 0.337 e. The number of alkyl halides is 1. The van der Waals surface area contributed by atoms with Gasteiger partial charge in [-0.1, -0.05) is 54.0 Å². The van der Waals surface area contributed by atoms with Gasteiger partial charge < -0.3 is 14.2 Å². The van der Waals surface area contributed by atoms with E-state index in [0.717, 1.165) is 26.1 Å². The Morgan fingerprint density at radius 3 is 1.53 bits per heavy atom. The Labute approximate surface area is 221 Å². The fraction of sp³-hybridized carbons (Fsp3) is 0.429. The first-order valence-corrected chi connectivity index (χ1v) is 12.9. The number of carbonyl (C=O) groups excluding carboxylic acids is 4. The molecule has 196 valence electrons. The number of carbonyl (C=O) groups is 4. The lowest BCUT2D eigenvalue weighted by atomic mass is 10.1. The van der Waals surface area contributed by atoms with E-state index in [1.807, 2.05) is 13.8 Å². The van der Waals surface area contributed by atoms with Gasteiger partial charge in [0.25, 0.3) is 0 Å². The van der Waals surface area contributed by atoms with Gasteiger partial charge in [-0.15, -0.1) is 0 Å². The van der Waals surface area contributed by atoms with Crippen molar-refractivity contribution in [1.29, 1.82) is 0 Å². The summed E-state index contributed by atoms with van der Waals surface area (Å²) in [7, 11) is 2.66. The number of hydrogen-bond acceptors (Lipinski definition) is 7. The van der Waals surface area contributed by atoms with Gasteiger partial charge in [-0.05, 0) is 49.9 Å². The molecule has 0 radical (unpaired) electrons. The Balaban J connectivity index is 0.000000302. The van der Waals surface area contributed by atoms with Crippen molar-refractivity contribution in [3.05, 3.63) is 70.8 Å². The van der Waals surface area contributed by atoms with E-state index < -0.39 is 5.97 Å². The van der Waals surface area contributed by atoms with Crippen LogP contribution >= 0.6 is 15.9 Å². The van der Waals surface area contributed by atoms with Gasteiger partial charge in [-0.2, -0.15) is 0 Å². The largest absolute Gasteiger partial charge is 0.465 e. The predicted molar refractivity (Wildman–Crippen MR) is 142 cm³/mol. The van der Waals surface area contributed by atoms with E-state index in [1.165, 1.54) is 27.1 Å². The molecule has 1 atom stereocenters. The van der Waals surface area contributed by atoms with Gasteiger partial charge in [0.2, 0.25) is 0 Å². The van der Waals surface area contributed by atoms with Crippen LogP contribution in [0.4, 0.5) is 0 Å². The molecule has 1 aliphatic heterocycles. The zero-order chi connectivity index (χ0) is 26.9. The summed E-state index contributed by atoms with van der Waals surface area (Å²) in [4.78, 5) is 45.4. The molecule has 0 bridgehead atoms. The summed E-state index contributed by atoms with van der Waals surface area (Å²) in [5.74, 6) is -0.651. The molecule has 36 heavy (non-hydrogen) atoms. The van der Waals surface area contributed by atoms with Gasteiger partial charge in [0.05, 0.1) is 30.2 Å². The van der Waals surface area contributed by atoms with E-state index in [4.69, 9.17) is 4.74 Å². The molecule has 0 spiro atoms. The first-order valence-electron chi connectivity index (χ1n) is 11.9. The summed E-state index contributed by atoms with van der Waals surface area (Å²) in [6.07, 6.45) is 4.66. The summed E-state index contributed by atoms with van der Waals surface area (Å²) in [5.41, 5.74) is 2.15. The van der Waals surface area contributed by atoms with E-state index in [0.29, 0.717) is 28.7 Å². The minimum absolute atomic E-state index is 0.0268. The van der Waals surface area contributed by atoms with Crippen LogP contribution in [0, 0.1) is 0 Å². The maximum atomic E-state index is 11.8. The minimum atomic E-state index is -0.398. The van der Waals surface area contributed by atoms with Gasteiger partial charge in [0, 0.05) is 30.8 Å². The molecule has 0 saturated carbocycles. The van der Waals surface area contributed by atoms with Gasteiger partial charge >= 0.3 is 11.9 Å². The van der Waals surface area contributed by atoms with Crippen LogP contribution in [-0.4, -0.2) is 55.8 Å². The molecule has 8 heteroatoms. The normalized spacial score (nSPS) is 12.7. The Morgan fingerprint density at radius 2 is 1.19 bits per heavy atom. The van der Waals surface area contributed by atoms with Crippen molar-refractivity contribution in [3.8, 4) is 0 Å².